The molecule has 3 N–H and O–H groups in total. The van der Waals surface area contributed by atoms with Crippen LogP contribution >= 0.6 is 23.5 Å². The number of quaternary nitrogens is 1. The summed E-state index contributed by atoms with van der Waals surface area (Å²) in [6, 6.07) is 7.38. The SMILES string of the molecule is COc1ccccc1C(=N)C(Cl)=C(C)[NH2+]SC. The molecule has 0 aromatic heterocycles. The molecule has 0 atom stereocenters. The second-order valence-corrected chi connectivity index (χ2v) is 4.51. The lowest BCUT2D eigenvalue weighted by molar-refractivity contribution is -0.419. The van der Waals surface area contributed by atoms with Gasteiger partial charge in [0, 0.05) is 18.7 Å². The quantitative estimate of drug-likeness (QED) is 0.638. The molecule has 92 valence electrons. The van der Waals surface area contributed by atoms with Gasteiger partial charge in [0.1, 0.15) is 16.5 Å². The molecular weight excluding hydrogens is 256 g/mol. The van der Waals surface area contributed by atoms with E-state index >= 15 is 0 Å². The topological polar surface area (TPSA) is 49.7 Å². The summed E-state index contributed by atoms with van der Waals surface area (Å²) >= 11 is 7.74. The van der Waals surface area contributed by atoms with Crippen molar-refractivity contribution in [2.45, 2.75) is 6.92 Å². The van der Waals surface area contributed by atoms with E-state index in [0.717, 1.165) is 5.70 Å². The van der Waals surface area contributed by atoms with Crippen LogP contribution in [0.4, 0.5) is 0 Å². The van der Waals surface area contributed by atoms with E-state index in [1.165, 1.54) is 0 Å². The molecule has 0 amide bonds. The van der Waals surface area contributed by atoms with Gasteiger partial charge in [0.2, 0.25) is 0 Å². The molecule has 0 aliphatic rings. The van der Waals surface area contributed by atoms with Gasteiger partial charge in [0.25, 0.3) is 0 Å². The Hall–Kier alpha value is -0.970. The highest BCUT2D eigenvalue weighted by Gasteiger charge is 2.15. The molecule has 1 rings (SSSR count). The van der Waals surface area contributed by atoms with Gasteiger partial charge in [-0.1, -0.05) is 23.7 Å². The number of rotatable bonds is 5. The number of halogens is 1. The van der Waals surface area contributed by atoms with Crippen LogP contribution < -0.4 is 9.46 Å². The normalized spacial score (nSPS) is 12.0. The summed E-state index contributed by atoms with van der Waals surface area (Å²) in [6.45, 7) is 1.89. The number of nitrogens with two attached hydrogens (primary N) is 1. The van der Waals surface area contributed by atoms with Crippen molar-refractivity contribution in [1.29, 1.82) is 5.41 Å². The molecule has 0 spiro atoms. The lowest BCUT2D eigenvalue weighted by Gasteiger charge is -2.09. The van der Waals surface area contributed by atoms with Crippen LogP contribution in [-0.2, 0) is 0 Å². The molecule has 17 heavy (non-hydrogen) atoms. The summed E-state index contributed by atoms with van der Waals surface area (Å²) < 4.78 is 7.14. The third-order valence-electron chi connectivity index (χ3n) is 2.24. The number of hydrogen-bond donors (Lipinski definition) is 2. The van der Waals surface area contributed by atoms with Crippen molar-refractivity contribution >= 4 is 29.3 Å². The second kappa shape index (κ2) is 6.69. The molecule has 0 saturated heterocycles. The summed E-state index contributed by atoms with van der Waals surface area (Å²) in [7, 11) is 1.59. The Morgan fingerprint density at radius 3 is 2.65 bits per heavy atom. The van der Waals surface area contributed by atoms with Crippen molar-refractivity contribution < 1.29 is 9.46 Å². The zero-order valence-corrected chi connectivity index (χ0v) is 11.7. The van der Waals surface area contributed by atoms with Crippen molar-refractivity contribution in [2.24, 2.45) is 0 Å². The minimum absolute atomic E-state index is 0.284. The Morgan fingerprint density at radius 2 is 2.06 bits per heavy atom. The Bertz CT molecular complexity index is 446. The van der Waals surface area contributed by atoms with Crippen molar-refractivity contribution in [1.82, 2.24) is 0 Å². The van der Waals surface area contributed by atoms with Crippen molar-refractivity contribution in [2.75, 3.05) is 13.4 Å². The van der Waals surface area contributed by atoms with E-state index in [2.05, 4.69) is 0 Å². The van der Waals surface area contributed by atoms with Crippen LogP contribution in [0.3, 0.4) is 0 Å². The van der Waals surface area contributed by atoms with Gasteiger partial charge < -0.3 is 4.74 Å². The molecule has 5 heteroatoms. The molecule has 0 aliphatic heterocycles. The maximum absolute atomic E-state index is 8.09. The number of ether oxygens (including phenoxy) is 1. The first-order chi connectivity index (χ1) is 8.11. The molecule has 0 unspecified atom stereocenters. The largest absolute Gasteiger partial charge is 0.496 e. The van der Waals surface area contributed by atoms with Gasteiger partial charge in [-0.2, -0.15) is 0 Å². The summed E-state index contributed by atoms with van der Waals surface area (Å²) in [4.78, 5) is 0. The first kappa shape index (κ1) is 14.1. The average molecular weight is 272 g/mol. The van der Waals surface area contributed by atoms with Gasteiger partial charge in [-0.05, 0) is 12.1 Å². The zero-order valence-electron chi connectivity index (χ0n) is 10.1. The second-order valence-electron chi connectivity index (χ2n) is 3.43. The minimum atomic E-state index is 0.284. The van der Waals surface area contributed by atoms with E-state index in [1.807, 2.05) is 42.2 Å². The van der Waals surface area contributed by atoms with Crippen molar-refractivity contribution in [3.63, 3.8) is 0 Å². The Labute approximate surface area is 111 Å². The number of methoxy groups -OCH3 is 1. The highest BCUT2D eigenvalue weighted by Crippen LogP contribution is 2.22. The highest BCUT2D eigenvalue weighted by atomic mass is 35.5. The molecular formula is C12H16ClN2OS+. The number of allylic oxidation sites excluding steroid dienone is 2. The monoisotopic (exact) mass is 271 g/mol. The number of benzene rings is 1. The number of para-hydroxylation sites is 1. The first-order valence-corrected chi connectivity index (χ1v) is 6.73. The fourth-order valence-electron chi connectivity index (χ4n) is 1.40. The van der Waals surface area contributed by atoms with Crippen LogP contribution in [0.25, 0.3) is 0 Å². The lowest BCUT2D eigenvalue weighted by Crippen LogP contribution is -2.72. The van der Waals surface area contributed by atoms with Crippen molar-refractivity contribution in [3.05, 3.63) is 40.6 Å². The average Bonchev–Trinajstić information content (AvgIpc) is 2.37. The predicted octanol–water partition coefficient (Wildman–Crippen LogP) is 2.37. The molecule has 0 heterocycles. The molecule has 1 aromatic rings. The lowest BCUT2D eigenvalue weighted by atomic mass is 10.1. The van der Waals surface area contributed by atoms with Gasteiger partial charge in [0.15, 0.2) is 0 Å². The van der Waals surface area contributed by atoms with E-state index in [9.17, 15) is 0 Å². The van der Waals surface area contributed by atoms with E-state index in [4.69, 9.17) is 21.7 Å². The summed E-state index contributed by atoms with van der Waals surface area (Å²) in [5.74, 6) is 0.660. The van der Waals surface area contributed by atoms with E-state index < -0.39 is 0 Å². The van der Waals surface area contributed by atoms with Crippen LogP contribution in [0.15, 0.2) is 35.0 Å². The smallest absolute Gasteiger partial charge is 0.135 e. The first-order valence-electron chi connectivity index (χ1n) is 5.06. The molecule has 0 radical (unpaired) electrons. The van der Waals surface area contributed by atoms with Gasteiger partial charge in [-0.25, -0.2) is 0 Å². The van der Waals surface area contributed by atoms with Gasteiger partial charge >= 0.3 is 0 Å². The molecule has 1 aromatic carbocycles. The molecule has 0 saturated carbocycles. The van der Waals surface area contributed by atoms with Gasteiger partial charge in [0.05, 0.1) is 24.8 Å². The number of nitrogens with one attached hydrogen (secondary N) is 1. The van der Waals surface area contributed by atoms with E-state index in [0.29, 0.717) is 16.3 Å². The maximum atomic E-state index is 8.09. The summed E-state index contributed by atoms with van der Waals surface area (Å²) in [6.07, 6.45) is 1.96. The molecule has 0 fully saturated rings. The maximum Gasteiger partial charge on any atom is 0.135 e. The van der Waals surface area contributed by atoms with Crippen LogP contribution in [0.2, 0.25) is 0 Å². The Balaban J connectivity index is 3.08. The predicted molar refractivity (Wildman–Crippen MR) is 73.8 cm³/mol. The molecule has 3 nitrogen and oxygen atoms in total. The standard InChI is InChI=1S/C12H15ClN2OS/c1-8(15-17-3)11(13)12(14)9-6-4-5-7-10(9)16-2/h4-7,14-15H,1-3H3/p+1. The minimum Gasteiger partial charge on any atom is -0.496 e. The van der Waals surface area contributed by atoms with Crippen LogP contribution in [0.5, 0.6) is 5.75 Å². The summed E-state index contributed by atoms with van der Waals surface area (Å²) in [5.41, 5.74) is 1.87. The fraction of sp³-hybridized carbons (Fsp3) is 0.250. The molecule has 0 aliphatic carbocycles. The number of hydrogen-bond acceptors (Lipinski definition) is 3. The Kier molecular flexibility index (Phi) is 5.55. The third-order valence-corrected chi connectivity index (χ3v) is 3.31. The third kappa shape index (κ3) is 3.49. The van der Waals surface area contributed by atoms with Crippen molar-refractivity contribution in [3.8, 4) is 5.75 Å². The van der Waals surface area contributed by atoms with Crippen LogP contribution in [0.1, 0.15) is 12.5 Å². The summed E-state index contributed by atoms with van der Waals surface area (Å²) in [5, 5.41) is 8.54. The van der Waals surface area contributed by atoms with E-state index in [1.54, 1.807) is 19.1 Å². The van der Waals surface area contributed by atoms with Gasteiger partial charge in [-0.15, -0.1) is 0 Å². The van der Waals surface area contributed by atoms with Gasteiger partial charge in [-0.3, -0.25) is 10.1 Å². The fourth-order valence-corrected chi connectivity index (χ4v) is 2.09. The highest BCUT2D eigenvalue weighted by molar-refractivity contribution is 7.92. The Morgan fingerprint density at radius 1 is 1.41 bits per heavy atom. The van der Waals surface area contributed by atoms with E-state index in [-0.39, 0.29) is 5.71 Å². The molecule has 0 bridgehead atoms. The van der Waals surface area contributed by atoms with Crippen LogP contribution in [0, 0.1) is 5.41 Å². The van der Waals surface area contributed by atoms with Crippen LogP contribution in [-0.4, -0.2) is 19.1 Å². The zero-order chi connectivity index (χ0) is 12.8.